The minimum Gasteiger partial charge on any atom is -0.330 e. The van der Waals surface area contributed by atoms with Crippen LogP contribution in [0.2, 0.25) is 0 Å². The highest BCUT2D eigenvalue weighted by Crippen LogP contribution is 2.29. The second-order valence-corrected chi connectivity index (χ2v) is 4.92. The van der Waals surface area contributed by atoms with Crippen LogP contribution in [0.15, 0.2) is 30.3 Å². The van der Waals surface area contributed by atoms with E-state index in [0.29, 0.717) is 12.5 Å². The minimum absolute atomic E-state index is 0.444. The zero-order chi connectivity index (χ0) is 12.4. The molecule has 0 bridgehead atoms. The molecule has 1 aromatic carbocycles. The molecular weight excluding hydrogens is 222 g/mol. The van der Waals surface area contributed by atoms with Crippen LogP contribution in [0.4, 0.5) is 0 Å². The van der Waals surface area contributed by atoms with E-state index in [4.69, 9.17) is 5.26 Å². The van der Waals surface area contributed by atoms with Gasteiger partial charge in [0, 0.05) is 23.7 Å². The molecule has 3 nitrogen and oxygen atoms in total. The Bertz CT molecular complexity index is 585. The Balaban J connectivity index is 2.09. The standard InChI is InChI=1S/C15H17N3/c16-7-9-18-14-6-2-1-4-12(14)10-15(18)13-5-3-8-17-11-13/h1-2,4,6,10,13,17H,3,5,8-9,11H2. The average Bonchev–Trinajstić information content (AvgIpc) is 2.80. The molecule has 3 heteroatoms. The molecule has 1 aliphatic heterocycles. The fraction of sp³-hybridized carbons (Fsp3) is 0.400. The van der Waals surface area contributed by atoms with Crippen LogP contribution in [0.25, 0.3) is 10.9 Å². The molecule has 0 saturated carbocycles. The van der Waals surface area contributed by atoms with E-state index in [1.54, 1.807) is 0 Å². The molecule has 3 rings (SSSR count). The first-order valence-electron chi connectivity index (χ1n) is 6.56. The maximum atomic E-state index is 9.03. The van der Waals surface area contributed by atoms with Crippen molar-refractivity contribution in [3.8, 4) is 6.07 Å². The molecule has 1 N–H and O–H groups in total. The second kappa shape index (κ2) is 4.83. The molecule has 1 aromatic heterocycles. The number of rotatable bonds is 2. The number of nitrogens with one attached hydrogen (secondary N) is 1. The molecule has 1 saturated heterocycles. The largest absolute Gasteiger partial charge is 0.330 e. The van der Waals surface area contributed by atoms with Gasteiger partial charge in [0.15, 0.2) is 0 Å². The van der Waals surface area contributed by atoms with Crippen molar-refractivity contribution in [1.82, 2.24) is 9.88 Å². The Morgan fingerprint density at radius 1 is 1.39 bits per heavy atom. The Hall–Kier alpha value is -1.79. The predicted molar refractivity (Wildman–Crippen MR) is 72.4 cm³/mol. The lowest BCUT2D eigenvalue weighted by molar-refractivity contribution is 0.446. The summed E-state index contributed by atoms with van der Waals surface area (Å²) in [5.41, 5.74) is 2.49. The second-order valence-electron chi connectivity index (χ2n) is 4.92. The van der Waals surface area contributed by atoms with Gasteiger partial charge in [0.05, 0.1) is 6.07 Å². The molecule has 2 aromatic rings. The van der Waals surface area contributed by atoms with Crippen molar-refractivity contribution in [2.45, 2.75) is 25.3 Å². The maximum Gasteiger partial charge on any atom is 0.110 e. The van der Waals surface area contributed by atoms with Gasteiger partial charge in [0.25, 0.3) is 0 Å². The van der Waals surface area contributed by atoms with Gasteiger partial charge in [0.1, 0.15) is 6.54 Å². The van der Waals surface area contributed by atoms with Crippen molar-refractivity contribution >= 4 is 10.9 Å². The third-order valence-electron chi connectivity index (χ3n) is 3.79. The van der Waals surface area contributed by atoms with Crippen LogP contribution in [0, 0.1) is 11.3 Å². The van der Waals surface area contributed by atoms with Crippen LogP contribution >= 0.6 is 0 Å². The summed E-state index contributed by atoms with van der Waals surface area (Å²) in [5, 5.41) is 13.7. The maximum absolute atomic E-state index is 9.03. The quantitative estimate of drug-likeness (QED) is 0.875. The lowest BCUT2D eigenvalue weighted by Gasteiger charge is -2.23. The summed E-state index contributed by atoms with van der Waals surface area (Å²) < 4.78 is 2.17. The summed E-state index contributed by atoms with van der Waals surface area (Å²) in [7, 11) is 0. The molecule has 0 spiro atoms. The van der Waals surface area contributed by atoms with Gasteiger partial charge in [-0.1, -0.05) is 18.2 Å². The summed E-state index contributed by atoms with van der Waals surface area (Å²) >= 11 is 0. The number of para-hydroxylation sites is 1. The zero-order valence-corrected chi connectivity index (χ0v) is 10.4. The summed E-state index contributed by atoms with van der Waals surface area (Å²) in [6.07, 6.45) is 2.44. The lowest BCUT2D eigenvalue weighted by atomic mass is 9.96. The first kappa shape index (κ1) is 11.3. The van der Waals surface area contributed by atoms with Crippen LogP contribution < -0.4 is 5.32 Å². The van der Waals surface area contributed by atoms with Gasteiger partial charge in [0.2, 0.25) is 0 Å². The molecule has 0 amide bonds. The number of nitriles is 1. The van der Waals surface area contributed by atoms with Gasteiger partial charge in [-0.05, 0) is 36.9 Å². The SMILES string of the molecule is N#CCn1c(C2CCCNC2)cc2ccccc21. The molecule has 0 radical (unpaired) electrons. The van der Waals surface area contributed by atoms with Crippen LogP contribution in [0.5, 0.6) is 0 Å². The van der Waals surface area contributed by atoms with E-state index >= 15 is 0 Å². The minimum atomic E-state index is 0.444. The van der Waals surface area contributed by atoms with Gasteiger partial charge < -0.3 is 9.88 Å². The fourth-order valence-electron chi connectivity index (χ4n) is 2.92. The molecule has 18 heavy (non-hydrogen) atoms. The lowest BCUT2D eigenvalue weighted by Crippen LogP contribution is -2.29. The molecule has 1 fully saturated rings. The molecule has 1 unspecified atom stereocenters. The first-order chi connectivity index (χ1) is 8.90. The van der Waals surface area contributed by atoms with E-state index in [1.807, 2.05) is 6.07 Å². The number of nitrogens with zero attached hydrogens (tertiary/aromatic N) is 2. The highest BCUT2D eigenvalue weighted by molar-refractivity contribution is 5.81. The summed E-state index contributed by atoms with van der Waals surface area (Å²) in [4.78, 5) is 0. The summed E-state index contributed by atoms with van der Waals surface area (Å²) in [5.74, 6) is 0.541. The molecule has 1 atom stereocenters. The van der Waals surface area contributed by atoms with Crippen LogP contribution in [0.1, 0.15) is 24.5 Å². The van der Waals surface area contributed by atoms with Gasteiger partial charge in [-0.25, -0.2) is 0 Å². The number of benzene rings is 1. The predicted octanol–water partition coefficient (Wildman–Crippen LogP) is 2.63. The van der Waals surface area contributed by atoms with E-state index < -0.39 is 0 Å². The highest BCUT2D eigenvalue weighted by atomic mass is 15.0. The summed E-state index contributed by atoms with van der Waals surface area (Å²) in [6.45, 7) is 2.59. The van der Waals surface area contributed by atoms with E-state index in [1.165, 1.54) is 29.4 Å². The van der Waals surface area contributed by atoms with Crippen molar-refractivity contribution in [1.29, 1.82) is 5.26 Å². The van der Waals surface area contributed by atoms with E-state index in [2.05, 4.69) is 40.2 Å². The van der Waals surface area contributed by atoms with Crippen LogP contribution in [-0.4, -0.2) is 17.7 Å². The third-order valence-corrected chi connectivity index (χ3v) is 3.79. The van der Waals surface area contributed by atoms with E-state index in [-0.39, 0.29) is 0 Å². The normalized spacial score (nSPS) is 19.8. The topological polar surface area (TPSA) is 40.8 Å². The van der Waals surface area contributed by atoms with Gasteiger partial charge in [-0.15, -0.1) is 0 Å². The monoisotopic (exact) mass is 239 g/mol. The van der Waals surface area contributed by atoms with Crippen LogP contribution in [0.3, 0.4) is 0 Å². The Morgan fingerprint density at radius 2 is 2.28 bits per heavy atom. The molecular formula is C15H17N3. The van der Waals surface area contributed by atoms with E-state index in [9.17, 15) is 0 Å². The smallest absolute Gasteiger partial charge is 0.110 e. The Kier molecular flexibility index (Phi) is 3.04. The van der Waals surface area contributed by atoms with Gasteiger partial charge in [-0.2, -0.15) is 5.26 Å². The highest BCUT2D eigenvalue weighted by Gasteiger charge is 2.20. The van der Waals surface area contributed by atoms with Crippen molar-refractivity contribution in [3.63, 3.8) is 0 Å². The molecule has 2 heterocycles. The number of hydrogen-bond acceptors (Lipinski definition) is 2. The Morgan fingerprint density at radius 3 is 3.06 bits per heavy atom. The van der Waals surface area contributed by atoms with Gasteiger partial charge >= 0.3 is 0 Å². The fourth-order valence-corrected chi connectivity index (χ4v) is 2.92. The van der Waals surface area contributed by atoms with Crippen LogP contribution in [-0.2, 0) is 6.54 Å². The third kappa shape index (κ3) is 1.89. The molecule has 0 aliphatic carbocycles. The zero-order valence-electron chi connectivity index (χ0n) is 10.4. The summed E-state index contributed by atoms with van der Waals surface area (Å²) in [6, 6.07) is 12.9. The van der Waals surface area contributed by atoms with Crippen molar-refractivity contribution in [2.75, 3.05) is 13.1 Å². The van der Waals surface area contributed by atoms with E-state index in [0.717, 1.165) is 13.1 Å². The number of fused-ring (bicyclic) bond motifs is 1. The average molecular weight is 239 g/mol. The molecule has 92 valence electrons. The number of piperidine rings is 1. The van der Waals surface area contributed by atoms with Crippen molar-refractivity contribution in [2.24, 2.45) is 0 Å². The number of hydrogen-bond donors (Lipinski definition) is 1. The first-order valence-corrected chi connectivity index (χ1v) is 6.56. The molecule has 1 aliphatic rings. The Labute approximate surface area is 107 Å². The number of aromatic nitrogens is 1. The van der Waals surface area contributed by atoms with Crippen molar-refractivity contribution < 1.29 is 0 Å². The van der Waals surface area contributed by atoms with Crippen molar-refractivity contribution in [3.05, 3.63) is 36.0 Å². The van der Waals surface area contributed by atoms with Gasteiger partial charge in [-0.3, -0.25) is 0 Å².